The molecule has 2 aromatic rings. The first kappa shape index (κ1) is 13.2. The van der Waals surface area contributed by atoms with Gasteiger partial charge in [-0.1, -0.05) is 28.1 Å². The van der Waals surface area contributed by atoms with Gasteiger partial charge in [-0.2, -0.15) is 0 Å². The van der Waals surface area contributed by atoms with E-state index in [2.05, 4.69) is 25.9 Å². The molecule has 0 radical (unpaired) electrons. The first-order valence-electron chi connectivity index (χ1n) is 5.81. The van der Waals surface area contributed by atoms with Crippen molar-refractivity contribution in [2.75, 3.05) is 0 Å². The van der Waals surface area contributed by atoms with Crippen LogP contribution in [0.2, 0.25) is 0 Å². The zero-order chi connectivity index (χ0) is 13.2. The van der Waals surface area contributed by atoms with Gasteiger partial charge in [0.25, 0.3) is 0 Å². The number of rotatable bonds is 3. The van der Waals surface area contributed by atoms with Crippen LogP contribution < -0.4 is 5.73 Å². The summed E-state index contributed by atoms with van der Waals surface area (Å²) in [5.41, 5.74) is 7.69. The minimum atomic E-state index is -0.296. The SMILES string of the molecule is CC(C)(N)Cc1nccc(-c2cccc(Br)c2)n1. The number of hydrogen-bond acceptors (Lipinski definition) is 3. The molecule has 94 valence electrons. The van der Waals surface area contributed by atoms with Gasteiger partial charge in [0.05, 0.1) is 5.69 Å². The van der Waals surface area contributed by atoms with E-state index >= 15 is 0 Å². The highest BCUT2D eigenvalue weighted by molar-refractivity contribution is 9.10. The molecule has 1 aromatic carbocycles. The number of hydrogen-bond donors (Lipinski definition) is 1. The quantitative estimate of drug-likeness (QED) is 0.947. The Balaban J connectivity index is 2.33. The molecule has 0 aliphatic heterocycles. The Labute approximate surface area is 116 Å². The summed E-state index contributed by atoms with van der Waals surface area (Å²) >= 11 is 3.46. The van der Waals surface area contributed by atoms with Crippen molar-refractivity contribution in [3.8, 4) is 11.3 Å². The van der Waals surface area contributed by atoms with E-state index in [9.17, 15) is 0 Å². The Bertz CT molecular complexity index is 547. The zero-order valence-electron chi connectivity index (χ0n) is 10.5. The van der Waals surface area contributed by atoms with E-state index in [4.69, 9.17) is 5.73 Å². The Morgan fingerprint density at radius 2 is 2.06 bits per heavy atom. The monoisotopic (exact) mass is 305 g/mol. The van der Waals surface area contributed by atoms with Crippen LogP contribution in [0.15, 0.2) is 41.0 Å². The Kier molecular flexibility index (Phi) is 3.78. The summed E-state index contributed by atoms with van der Waals surface area (Å²) in [7, 11) is 0. The Hall–Kier alpha value is -1.26. The third kappa shape index (κ3) is 3.62. The molecule has 3 nitrogen and oxygen atoms in total. The molecule has 0 bridgehead atoms. The van der Waals surface area contributed by atoms with Gasteiger partial charge in [0.1, 0.15) is 5.82 Å². The van der Waals surface area contributed by atoms with Gasteiger partial charge in [-0.25, -0.2) is 9.97 Å². The van der Waals surface area contributed by atoms with Crippen molar-refractivity contribution in [1.29, 1.82) is 0 Å². The van der Waals surface area contributed by atoms with Crippen molar-refractivity contribution in [3.63, 3.8) is 0 Å². The fourth-order valence-electron chi connectivity index (χ4n) is 1.70. The summed E-state index contributed by atoms with van der Waals surface area (Å²) in [5.74, 6) is 0.778. The number of nitrogens with zero attached hydrogens (tertiary/aromatic N) is 2. The molecule has 0 aliphatic carbocycles. The fraction of sp³-hybridized carbons (Fsp3) is 0.286. The van der Waals surface area contributed by atoms with E-state index in [1.807, 2.05) is 44.2 Å². The summed E-state index contributed by atoms with van der Waals surface area (Å²) in [5, 5.41) is 0. The smallest absolute Gasteiger partial charge is 0.130 e. The molecule has 0 fully saturated rings. The third-order valence-electron chi connectivity index (χ3n) is 2.44. The van der Waals surface area contributed by atoms with E-state index in [1.54, 1.807) is 6.20 Å². The van der Waals surface area contributed by atoms with Crippen molar-refractivity contribution in [2.24, 2.45) is 5.73 Å². The van der Waals surface area contributed by atoms with Crippen LogP contribution in [0.5, 0.6) is 0 Å². The number of benzene rings is 1. The maximum Gasteiger partial charge on any atom is 0.130 e. The Morgan fingerprint density at radius 3 is 2.72 bits per heavy atom. The molecule has 2 N–H and O–H groups in total. The zero-order valence-corrected chi connectivity index (χ0v) is 12.1. The first-order valence-corrected chi connectivity index (χ1v) is 6.60. The van der Waals surface area contributed by atoms with Gasteiger partial charge in [0, 0.05) is 28.2 Å². The second-order valence-corrected chi connectivity index (χ2v) is 5.95. The molecule has 0 amide bonds. The van der Waals surface area contributed by atoms with Gasteiger partial charge in [0.2, 0.25) is 0 Å². The molecular formula is C14H16BrN3. The maximum absolute atomic E-state index is 5.99. The Morgan fingerprint density at radius 1 is 1.28 bits per heavy atom. The fourth-order valence-corrected chi connectivity index (χ4v) is 2.10. The maximum atomic E-state index is 5.99. The normalized spacial score (nSPS) is 11.6. The summed E-state index contributed by atoms with van der Waals surface area (Å²) < 4.78 is 1.04. The van der Waals surface area contributed by atoms with Crippen molar-refractivity contribution >= 4 is 15.9 Å². The average molecular weight is 306 g/mol. The highest BCUT2D eigenvalue weighted by Gasteiger charge is 2.14. The van der Waals surface area contributed by atoms with Gasteiger partial charge in [-0.05, 0) is 32.0 Å². The topological polar surface area (TPSA) is 51.8 Å². The summed E-state index contributed by atoms with van der Waals surface area (Å²) in [6.45, 7) is 3.95. The van der Waals surface area contributed by atoms with Crippen molar-refractivity contribution in [2.45, 2.75) is 25.8 Å². The van der Waals surface area contributed by atoms with Gasteiger partial charge in [0.15, 0.2) is 0 Å². The lowest BCUT2D eigenvalue weighted by Gasteiger charge is -2.17. The van der Waals surface area contributed by atoms with Crippen LogP contribution in [-0.2, 0) is 6.42 Å². The second-order valence-electron chi connectivity index (χ2n) is 5.03. The standard InChI is InChI=1S/C14H16BrN3/c1-14(2,16)9-13-17-7-6-12(18-13)10-4-3-5-11(15)8-10/h3-8H,9,16H2,1-2H3. The van der Waals surface area contributed by atoms with Crippen molar-refractivity contribution in [1.82, 2.24) is 9.97 Å². The lowest BCUT2D eigenvalue weighted by Crippen LogP contribution is -2.35. The molecule has 2 rings (SSSR count). The number of aromatic nitrogens is 2. The van der Waals surface area contributed by atoms with Crippen LogP contribution >= 0.6 is 15.9 Å². The molecule has 0 saturated carbocycles. The van der Waals surface area contributed by atoms with Crippen LogP contribution in [0.3, 0.4) is 0 Å². The molecule has 0 saturated heterocycles. The van der Waals surface area contributed by atoms with Crippen molar-refractivity contribution < 1.29 is 0 Å². The van der Waals surface area contributed by atoms with Crippen LogP contribution in [0.25, 0.3) is 11.3 Å². The van der Waals surface area contributed by atoms with Gasteiger partial charge >= 0.3 is 0 Å². The minimum Gasteiger partial charge on any atom is -0.325 e. The molecule has 0 atom stereocenters. The van der Waals surface area contributed by atoms with E-state index in [0.29, 0.717) is 6.42 Å². The number of halogens is 1. The average Bonchev–Trinajstić information content (AvgIpc) is 2.27. The molecule has 0 unspecified atom stereocenters. The molecule has 1 heterocycles. The summed E-state index contributed by atoms with van der Waals surface area (Å²) in [6, 6.07) is 9.97. The lowest BCUT2D eigenvalue weighted by atomic mass is 10.0. The highest BCUT2D eigenvalue weighted by atomic mass is 79.9. The molecule has 0 spiro atoms. The van der Waals surface area contributed by atoms with E-state index in [1.165, 1.54) is 0 Å². The van der Waals surface area contributed by atoms with Gasteiger partial charge in [-0.3, -0.25) is 0 Å². The van der Waals surface area contributed by atoms with Crippen LogP contribution in [-0.4, -0.2) is 15.5 Å². The minimum absolute atomic E-state index is 0.296. The lowest BCUT2D eigenvalue weighted by molar-refractivity contribution is 0.502. The molecule has 0 aliphatic rings. The summed E-state index contributed by atoms with van der Waals surface area (Å²) in [4.78, 5) is 8.83. The van der Waals surface area contributed by atoms with Gasteiger partial charge in [-0.15, -0.1) is 0 Å². The predicted octanol–water partition coefficient (Wildman–Crippen LogP) is 3.19. The van der Waals surface area contributed by atoms with Crippen LogP contribution in [0.4, 0.5) is 0 Å². The van der Waals surface area contributed by atoms with Gasteiger partial charge < -0.3 is 5.73 Å². The molecular weight excluding hydrogens is 290 g/mol. The largest absolute Gasteiger partial charge is 0.325 e. The predicted molar refractivity (Wildman–Crippen MR) is 77.1 cm³/mol. The number of nitrogens with two attached hydrogens (primary N) is 1. The molecule has 1 aromatic heterocycles. The third-order valence-corrected chi connectivity index (χ3v) is 2.93. The van der Waals surface area contributed by atoms with E-state index in [-0.39, 0.29) is 5.54 Å². The second kappa shape index (κ2) is 5.16. The van der Waals surface area contributed by atoms with Crippen molar-refractivity contribution in [3.05, 3.63) is 46.8 Å². The first-order chi connectivity index (χ1) is 8.44. The molecule has 4 heteroatoms. The summed E-state index contributed by atoms with van der Waals surface area (Å²) in [6.07, 6.45) is 2.44. The van der Waals surface area contributed by atoms with E-state index in [0.717, 1.165) is 21.6 Å². The van der Waals surface area contributed by atoms with Crippen LogP contribution in [0, 0.1) is 0 Å². The molecule has 18 heavy (non-hydrogen) atoms. The van der Waals surface area contributed by atoms with E-state index < -0.39 is 0 Å². The highest BCUT2D eigenvalue weighted by Crippen LogP contribution is 2.21. The van der Waals surface area contributed by atoms with Crippen LogP contribution in [0.1, 0.15) is 19.7 Å².